The zero-order chi connectivity index (χ0) is 18.6. The lowest BCUT2D eigenvalue weighted by Crippen LogP contribution is -2.27. The van der Waals surface area contributed by atoms with E-state index in [-0.39, 0.29) is 0 Å². The number of benzene rings is 1. The van der Waals surface area contributed by atoms with Crippen molar-refractivity contribution in [3.8, 4) is 5.75 Å². The second kappa shape index (κ2) is 12.0. The van der Waals surface area contributed by atoms with Crippen LogP contribution >= 0.6 is 11.8 Å². The van der Waals surface area contributed by atoms with Gasteiger partial charge >= 0.3 is 0 Å². The number of allylic oxidation sites excluding steroid dienone is 4. The van der Waals surface area contributed by atoms with Gasteiger partial charge in [0.05, 0.1) is 7.11 Å². The molecule has 1 saturated heterocycles. The Morgan fingerprint density at radius 3 is 2.73 bits per heavy atom. The highest BCUT2D eigenvalue weighted by Gasteiger charge is 2.13. The second-order valence-electron chi connectivity index (χ2n) is 6.58. The van der Waals surface area contributed by atoms with Gasteiger partial charge in [-0.25, -0.2) is 0 Å². The van der Waals surface area contributed by atoms with E-state index in [4.69, 9.17) is 4.74 Å². The van der Waals surface area contributed by atoms with Crippen molar-refractivity contribution < 1.29 is 4.74 Å². The Morgan fingerprint density at radius 2 is 2.04 bits per heavy atom. The molecular weight excluding hydrogens is 340 g/mol. The molecule has 0 bridgehead atoms. The molecule has 0 atom stereocenters. The maximum Gasteiger partial charge on any atom is 0.119 e. The second-order valence-corrected chi connectivity index (χ2v) is 7.71. The minimum atomic E-state index is 0.838. The number of fused-ring (bicyclic) bond motifs is 1. The van der Waals surface area contributed by atoms with Crippen LogP contribution in [0.15, 0.2) is 60.1 Å². The maximum atomic E-state index is 5.18. The fraction of sp³-hybridized carbons (Fsp3) is 0.455. The Kier molecular flexibility index (Phi) is 9.61. The van der Waals surface area contributed by atoms with E-state index in [0.717, 1.165) is 36.9 Å². The van der Waals surface area contributed by atoms with Crippen molar-refractivity contribution in [3.05, 3.63) is 60.7 Å². The van der Waals surface area contributed by atoms with E-state index in [1.54, 1.807) is 7.11 Å². The van der Waals surface area contributed by atoms with Crippen LogP contribution in [0.1, 0.15) is 24.8 Å². The van der Waals surface area contributed by atoms with Gasteiger partial charge in [0.1, 0.15) is 5.75 Å². The number of piperidine rings is 1. The summed E-state index contributed by atoms with van der Waals surface area (Å²) in [4.78, 5) is 1.38. The summed E-state index contributed by atoms with van der Waals surface area (Å²) in [6.45, 7) is 11.9. The monoisotopic (exact) mass is 372 g/mol. The van der Waals surface area contributed by atoms with E-state index in [0.29, 0.717) is 0 Å². The molecule has 2 aliphatic rings. The average molecular weight is 373 g/mol. The van der Waals surface area contributed by atoms with Gasteiger partial charge < -0.3 is 15.4 Å². The van der Waals surface area contributed by atoms with Crippen LogP contribution in [0.25, 0.3) is 0 Å². The molecule has 0 unspecified atom stereocenters. The lowest BCUT2D eigenvalue weighted by molar-refractivity contribution is 0.374. The SMILES string of the molecule is C=C/C=C(\C=C)CC1CCNCC1.COc1ccc2c(c1)CNCCS2. The molecule has 0 saturated carbocycles. The summed E-state index contributed by atoms with van der Waals surface area (Å²) in [5, 5.41) is 6.75. The van der Waals surface area contributed by atoms with Crippen LogP contribution in [0.2, 0.25) is 0 Å². The largest absolute Gasteiger partial charge is 0.497 e. The summed E-state index contributed by atoms with van der Waals surface area (Å²) in [5.74, 6) is 2.94. The molecular formula is C22H32N2OS. The van der Waals surface area contributed by atoms with Crippen LogP contribution in [0.4, 0.5) is 0 Å². The summed E-state index contributed by atoms with van der Waals surface area (Å²) in [7, 11) is 1.71. The molecule has 3 rings (SSSR count). The predicted octanol–water partition coefficient (Wildman–Crippen LogP) is 4.57. The molecule has 1 aromatic carbocycles. The first kappa shape index (κ1) is 20.8. The summed E-state index contributed by atoms with van der Waals surface area (Å²) >= 11 is 1.91. The molecule has 0 aliphatic carbocycles. The van der Waals surface area contributed by atoms with Crippen LogP contribution in [0.3, 0.4) is 0 Å². The van der Waals surface area contributed by atoms with Crippen molar-refractivity contribution in [3.63, 3.8) is 0 Å². The third-order valence-electron chi connectivity index (χ3n) is 4.70. The van der Waals surface area contributed by atoms with Crippen molar-refractivity contribution in [2.45, 2.75) is 30.7 Å². The Morgan fingerprint density at radius 1 is 1.23 bits per heavy atom. The standard InChI is InChI=1S/C12H19N.C10H13NOS/c1-3-5-11(4-2)10-12-6-8-13-9-7-12;1-12-9-2-3-10-8(6-9)7-11-4-5-13-10/h3-5,12-13H,1-2,6-10H2;2-3,6,11H,4-5,7H2,1H3/b11-5+;. The molecule has 0 radical (unpaired) electrons. The van der Waals surface area contributed by atoms with Gasteiger partial charge in [0.25, 0.3) is 0 Å². The first-order valence-electron chi connectivity index (χ1n) is 9.42. The highest BCUT2D eigenvalue weighted by atomic mass is 32.2. The quantitative estimate of drug-likeness (QED) is 0.742. The van der Waals surface area contributed by atoms with Crippen LogP contribution in [-0.2, 0) is 6.54 Å². The molecule has 142 valence electrons. The van der Waals surface area contributed by atoms with Crippen LogP contribution in [-0.4, -0.2) is 32.5 Å². The number of hydrogen-bond acceptors (Lipinski definition) is 4. The zero-order valence-electron chi connectivity index (χ0n) is 15.9. The minimum absolute atomic E-state index is 0.838. The number of ether oxygens (including phenoxy) is 1. The van der Waals surface area contributed by atoms with Gasteiger partial charge in [0.15, 0.2) is 0 Å². The molecule has 4 heteroatoms. The fourth-order valence-corrected chi connectivity index (χ4v) is 4.15. The van der Waals surface area contributed by atoms with Gasteiger partial charge in [-0.15, -0.1) is 11.8 Å². The molecule has 0 aromatic heterocycles. The van der Waals surface area contributed by atoms with Crippen LogP contribution in [0, 0.1) is 5.92 Å². The molecule has 2 N–H and O–H groups in total. The molecule has 1 fully saturated rings. The van der Waals surface area contributed by atoms with E-state index in [1.807, 2.05) is 30.0 Å². The Bertz CT molecular complexity index is 606. The molecule has 2 aliphatic heterocycles. The van der Waals surface area contributed by atoms with E-state index in [1.165, 1.54) is 42.0 Å². The van der Waals surface area contributed by atoms with Gasteiger partial charge in [-0.1, -0.05) is 31.4 Å². The predicted molar refractivity (Wildman–Crippen MR) is 114 cm³/mol. The van der Waals surface area contributed by atoms with Gasteiger partial charge in [-0.05, 0) is 67.6 Å². The molecule has 1 aromatic rings. The summed E-state index contributed by atoms with van der Waals surface area (Å²) in [6, 6.07) is 6.28. The third-order valence-corrected chi connectivity index (χ3v) is 5.81. The summed E-state index contributed by atoms with van der Waals surface area (Å²) in [6.07, 6.45) is 9.61. The van der Waals surface area contributed by atoms with Gasteiger partial charge in [-0.2, -0.15) is 0 Å². The number of nitrogens with one attached hydrogen (secondary N) is 2. The van der Waals surface area contributed by atoms with Gasteiger partial charge in [-0.3, -0.25) is 0 Å². The maximum absolute atomic E-state index is 5.18. The van der Waals surface area contributed by atoms with E-state index >= 15 is 0 Å². The Hall–Kier alpha value is -1.49. The van der Waals surface area contributed by atoms with Crippen LogP contribution < -0.4 is 15.4 Å². The van der Waals surface area contributed by atoms with Gasteiger partial charge in [0, 0.05) is 23.7 Å². The Balaban J connectivity index is 0.000000187. The van der Waals surface area contributed by atoms with Crippen LogP contribution in [0.5, 0.6) is 5.75 Å². The molecule has 26 heavy (non-hydrogen) atoms. The van der Waals surface area contributed by atoms with E-state index in [2.05, 4.69) is 42.0 Å². The number of methoxy groups -OCH3 is 1. The fourth-order valence-electron chi connectivity index (χ4n) is 3.21. The minimum Gasteiger partial charge on any atom is -0.497 e. The smallest absolute Gasteiger partial charge is 0.119 e. The first-order valence-corrected chi connectivity index (χ1v) is 10.4. The molecule has 3 nitrogen and oxygen atoms in total. The van der Waals surface area contributed by atoms with Crippen molar-refractivity contribution >= 4 is 11.8 Å². The number of hydrogen-bond donors (Lipinski definition) is 2. The van der Waals surface area contributed by atoms with Crippen molar-refractivity contribution in [2.24, 2.45) is 5.92 Å². The molecule has 0 amide bonds. The summed E-state index contributed by atoms with van der Waals surface area (Å²) in [5.41, 5.74) is 2.67. The molecule has 0 spiro atoms. The van der Waals surface area contributed by atoms with Crippen molar-refractivity contribution in [2.75, 3.05) is 32.5 Å². The number of thioether (sulfide) groups is 1. The highest BCUT2D eigenvalue weighted by Crippen LogP contribution is 2.27. The van der Waals surface area contributed by atoms with E-state index in [9.17, 15) is 0 Å². The topological polar surface area (TPSA) is 33.3 Å². The lowest BCUT2D eigenvalue weighted by atomic mass is 9.91. The normalized spacial score (nSPS) is 18.0. The third kappa shape index (κ3) is 7.02. The van der Waals surface area contributed by atoms with Crippen molar-refractivity contribution in [1.29, 1.82) is 0 Å². The first-order chi connectivity index (χ1) is 12.8. The highest BCUT2D eigenvalue weighted by molar-refractivity contribution is 7.99. The van der Waals surface area contributed by atoms with Gasteiger partial charge in [0.2, 0.25) is 0 Å². The van der Waals surface area contributed by atoms with E-state index < -0.39 is 0 Å². The zero-order valence-corrected chi connectivity index (χ0v) is 16.7. The summed E-state index contributed by atoms with van der Waals surface area (Å²) < 4.78 is 5.18. The number of rotatable bonds is 5. The average Bonchev–Trinajstić information content (AvgIpc) is 2.93. The van der Waals surface area contributed by atoms with Crippen molar-refractivity contribution in [1.82, 2.24) is 10.6 Å². The lowest BCUT2D eigenvalue weighted by Gasteiger charge is -2.22. The molecule has 2 heterocycles. The Labute approximate surface area is 163 Å².